The van der Waals surface area contributed by atoms with Crippen molar-refractivity contribution in [2.45, 2.75) is 31.6 Å². The highest BCUT2D eigenvalue weighted by molar-refractivity contribution is 5.91. The van der Waals surface area contributed by atoms with Gasteiger partial charge in [0, 0.05) is 26.1 Å². The van der Waals surface area contributed by atoms with Crippen LogP contribution in [-0.2, 0) is 4.79 Å². The third-order valence-corrected chi connectivity index (χ3v) is 5.51. The normalized spacial score (nSPS) is 31.5. The topological polar surface area (TPSA) is 82.2 Å². The number of rotatable bonds is 2. The highest BCUT2D eigenvalue weighted by atomic mass is 19.3. The number of amides is 2. The lowest BCUT2D eigenvalue weighted by atomic mass is 9.92. The second kappa shape index (κ2) is 5.22. The number of aromatic nitrogens is 3. The molecule has 1 N–H and O–H groups in total. The first-order chi connectivity index (χ1) is 11.4. The van der Waals surface area contributed by atoms with Crippen LogP contribution in [0.3, 0.4) is 0 Å². The third-order valence-electron chi connectivity index (χ3n) is 5.51. The van der Waals surface area contributed by atoms with Gasteiger partial charge in [-0.3, -0.25) is 14.7 Å². The van der Waals surface area contributed by atoms with Crippen molar-refractivity contribution in [3.63, 3.8) is 0 Å². The number of carbonyl (C=O) groups excluding carboxylic acids is 2. The maximum Gasteiger partial charge on any atom is 0.291 e. The van der Waals surface area contributed by atoms with Gasteiger partial charge < -0.3 is 9.80 Å². The van der Waals surface area contributed by atoms with E-state index in [1.54, 1.807) is 4.90 Å². The number of carbonyl (C=O) groups is 2. The van der Waals surface area contributed by atoms with Gasteiger partial charge in [-0.25, -0.2) is 13.8 Å². The Morgan fingerprint density at radius 2 is 2.08 bits per heavy atom. The zero-order valence-corrected chi connectivity index (χ0v) is 13.2. The minimum Gasteiger partial charge on any atom is -0.336 e. The van der Waals surface area contributed by atoms with Crippen LogP contribution in [0.2, 0.25) is 0 Å². The number of likely N-dealkylation sites (tertiary alicyclic amines) is 2. The number of hydrogen-bond acceptors (Lipinski definition) is 4. The SMILES string of the molecule is O=C(c1ncn[nH]1)N1CC[C@]2(C(=O)N3CCCC(F)(F)C3)C[C@H]2C1. The molecular weight excluding hydrogens is 320 g/mol. The molecule has 9 heteroatoms. The van der Waals surface area contributed by atoms with Crippen molar-refractivity contribution in [2.75, 3.05) is 26.2 Å². The van der Waals surface area contributed by atoms with E-state index >= 15 is 0 Å². The van der Waals surface area contributed by atoms with Gasteiger partial charge in [-0.15, -0.1) is 0 Å². The van der Waals surface area contributed by atoms with Crippen molar-refractivity contribution in [3.8, 4) is 0 Å². The summed E-state index contributed by atoms with van der Waals surface area (Å²) in [6.45, 7) is 0.839. The number of nitrogens with zero attached hydrogens (tertiary/aromatic N) is 4. The zero-order valence-electron chi connectivity index (χ0n) is 13.2. The van der Waals surface area contributed by atoms with Gasteiger partial charge >= 0.3 is 0 Å². The summed E-state index contributed by atoms with van der Waals surface area (Å²) in [5.41, 5.74) is -0.536. The first-order valence-corrected chi connectivity index (χ1v) is 8.23. The lowest BCUT2D eigenvalue weighted by Crippen LogP contribution is -2.51. The molecule has 2 atom stereocenters. The van der Waals surface area contributed by atoms with E-state index in [4.69, 9.17) is 0 Å². The fraction of sp³-hybridized carbons (Fsp3) is 0.733. The molecule has 2 amide bonds. The molecule has 2 aliphatic heterocycles. The van der Waals surface area contributed by atoms with Crippen LogP contribution < -0.4 is 0 Å². The molecule has 130 valence electrons. The summed E-state index contributed by atoms with van der Waals surface area (Å²) in [5.74, 6) is -2.92. The van der Waals surface area contributed by atoms with Crippen molar-refractivity contribution in [1.29, 1.82) is 0 Å². The molecule has 7 nitrogen and oxygen atoms in total. The van der Waals surface area contributed by atoms with Gasteiger partial charge in [0.2, 0.25) is 11.7 Å². The second-order valence-corrected chi connectivity index (χ2v) is 7.08. The standard InChI is InChI=1S/C15H19F2N5O2/c16-15(17)2-1-4-22(8-15)13(24)14-3-5-21(7-10(14)6-14)12(23)11-18-9-19-20-11/h9-10H,1-8H2,(H,18,19,20)/t10-,14-/m0/s1. The molecule has 24 heavy (non-hydrogen) atoms. The van der Waals surface area contributed by atoms with Crippen molar-refractivity contribution < 1.29 is 18.4 Å². The molecule has 0 unspecified atom stereocenters. The Balaban J connectivity index is 1.41. The van der Waals surface area contributed by atoms with Gasteiger partial charge in [0.25, 0.3) is 11.8 Å². The van der Waals surface area contributed by atoms with Gasteiger partial charge in [-0.2, -0.15) is 5.10 Å². The highest BCUT2D eigenvalue weighted by Crippen LogP contribution is 2.59. The summed E-state index contributed by atoms with van der Waals surface area (Å²) in [7, 11) is 0. The summed E-state index contributed by atoms with van der Waals surface area (Å²) in [6.07, 6.45) is 2.67. The number of halogens is 2. The van der Waals surface area contributed by atoms with Crippen molar-refractivity contribution >= 4 is 11.8 Å². The van der Waals surface area contributed by atoms with Crippen LogP contribution in [-0.4, -0.2) is 68.9 Å². The van der Waals surface area contributed by atoms with Crippen LogP contribution in [0.1, 0.15) is 36.3 Å². The predicted octanol–water partition coefficient (Wildman–Crippen LogP) is 0.915. The molecule has 1 aromatic rings. The summed E-state index contributed by atoms with van der Waals surface area (Å²) >= 11 is 0. The van der Waals surface area contributed by atoms with Crippen molar-refractivity contribution in [1.82, 2.24) is 25.0 Å². The van der Waals surface area contributed by atoms with E-state index in [2.05, 4.69) is 15.2 Å². The monoisotopic (exact) mass is 339 g/mol. The first kappa shape index (κ1) is 15.5. The summed E-state index contributed by atoms with van der Waals surface area (Å²) in [4.78, 5) is 31.9. The number of piperidine rings is 2. The van der Waals surface area contributed by atoms with Crippen LogP contribution >= 0.6 is 0 Å². The molecule has 0 radical (unpaired) electrons. The Labute approximate surface area is 137 Å². The molecule has 1 aliphatic carbocycles. The van der Waals surface area contributed by atoms with E-state index in [0.717, 1.165) is 0 Å². The smallest absolute Gasteiger partial charge is 0.291 e. The maximum atomic E-state index is 13.6. The molecule has 1 aromatic heterocycles. The Kier molecular flexibility index (Phi) is 3.36. The minimum atomic E-state index is -2.78. The number of fused-ring (bicyclic) bond motifs is 1. The lowest BCUT2D eigenvalue weighted by molar-refractivity contribution is -0.149. The average molecular weight is 339 g/mol. The van der Waals surface area contributed by atoms with Crippen LogP contribution in [0.15, 0.2) is 6.33 Å². The molecule has 0 bridgehead atoms. The number of hydrogen-bond donors (Lipinski definition) is 1. The first-order valence-electron chi connectivity index (χ1n) is 8.23. The summed E-state index contributed by atoms with van der Waals surface area (Å²) in [6, 6.07) is 0. The van der Waals surface area contributed by atoms with Crippen LogP contribution in [0.4, 0.5) is 8.78 Å². The number of alkyl halides is 2. The second-order valence-electron chi connectivity index (χ2n) is 7.08. The predicted molar refractivity (Wildman–Crippen MR) is 78.2 cm³/mol. The highest BCUT2D eigenvalue weighted by Gasteiger charge is 2.63. The van der Waals surface area contributed by atoms with E-state index in [1.807, 2.05) is 0 Å². The molecule has 0 spiro atoms. The number of H-pyrrole nitrogens is 1. The average Bonchev–Trinajstić information content (AvgIpc) is 3.03. The van der Waals surface area contributed by atoms with Gasteiger partial charge in [0.15, 0.2) is 0 Å². The summed E-state index contributed by atoms with van der Waals surface area (Å²) in [5, 5.41) is 6.21. The molecule has 0 aromatic carbocycles. The quantitative estimate of drug-likeness (QED) is 0.868. The molecule has 2 saturated heterocycles. The molecular formula is C15H19F2N5O2. The zero-order chi connectivity index (χ0) is 16.9. The number of aromatic amines is 1. The van der Waals surface area contributed by atoms with Crippen molar-refractivity contribution in [2.24, 2.45) is 11.3 Å². The molecule has 3 aliphatic rings. The van der Waals surface area contributed by atoms with Gasteiger partial charge in [-0.1, -0.05) is 0 Å². The molecule has 1 saturated carbocycles. The molecule has 3 fully saturated rings. The van der Waals surface area contributed by atoms with Gasteiger partial charge in [0.1, 0.15) is 6.33 Å². The van der Waals surface area contributed by atoms with E-state index in [0.29, 0.717) is 38.9 Å². The van der Waals surface area contributed by atoms with Crippen LogP contribution in [0, 0.1) is 11.3 Å². The van der Waals surface area contributed by atoms with Gasteiger partial charge in [-0.05, 0) is 25.2 Å². The lowest BCUT2D eigenvalue weighted by Gasteiger charge is -2.37. The third kappa shape index (κ3) is 2.46. The van der Waals surface area contributed by atoms with E-state index in [-0.39, 0.29) is 30.0 Å². The van der Waals surface area contributed by atoms with E-state index in [9.17, 15) is 18.4 Å². The van der Waals surface area contributed by atoms with Gasteiger partial charge in [0.05, 0.1) is 12.0 Å². The molecule has 4 rings (SSSR count). The largest absolute Gasteiger partial charge is 0.336 e. The Bertz CT molecular complexity index is 665. The van der Waals surface area contributed by atoms with Crippen LogP contribution in [0.5, 0.6) is 0 Å². The van der Waals surface area contributed by atoms with Crippen LogP contribution in [0.25, 0.3) is 0 Å². The Morgan fingerprint density at radius 3 is 2.75 bits per heavy atom. The number of nitrogens with one attached hydrogen (secondary N) is 1. The fourth-order valence-electron chi connectivity index (χ4n) is 4.08. The van der Waals surface area contributed by atoms with Crippen molar-refractivity contribution in [3.05, 3.63) is 12.2 Å². The fourth-order valence-corrected chi connectivity index (χ4v) is 4.08. The molecule has 3 heterocycles. The Hall–Kier alpha value is -2.06. The maximum absolute atomic E-state index is 13.6. The summed E-state index contributed by atoms with van der Waals surface area (Å²) < 4.78 is 27.2. The van der Waals surface area contributed by atoms with E-state index < -0.39 is 17.9 Å². The van der Waals surface area contributed by atoms with E-state index in [1.165, 1.54) is 11.2 Å². The Morgan fingerprint density at radius 1 is 1.25 bits per heavy atom. The minimum absolute atomic E-state index is 0.0566.